The lowest BCUT2D eigenvalue weighted by Crippen LogP contribution is -2.40. The number of carboxylic acids is 1. The van der Waals surface area contributed by atoms with E-state index in [1.54, 1.807) is 25.1 Å². The summed E-state index contributed by atoms with van der Waals surface area (Å²) in [5.74, 6) is -1.74. The van der Waals surface area contributed by atoms with Gasteiger partial charge in [0.2, 0.25) is 0 Å². The largest absolute Gasteiger partial charge is 0.489 e. The minimum Gasteiger partial charge on any atom is -0.489 e. The van der Waals surface area contributed by atoms with E-state index < -0.39 is 35.0 Å². The number of ether oxygens (including phenoxy) is 1. The first-order valence-corrected chi connectivity index (χ1v) is 11.9. The monoisotopic (exact) mass is 511 g/mol. The molecule has 1 N–H and O–H groups in total. The number of rotatable bonds is 6. The average Bonchev–Trinajstić information content (AvgIpc) is 3.17. The number of halogens is 4. The predicted octanol–water partition coefficient (Wildman–Crippen LogP) is 7.64. The zero-order valence-corrected chi connectivity index (χ0v) is 20.3. The molecular weight excluding hydrogens is 486 g/mol. The maximum atomic E-state index is 14.7. The maximum absolute atomic E-state index is 14.7. The van der Waals surface area contributed by atoms with Crippen LogP contribution in [0.15, 0.2) is 66.7 Å². The lowest BCUT2D eigenvalue weighted by molar-refractivity contribution is -0.154. The number of aliphatic carboxylic acids is 1. The van der Waals surface area contributed by atoms with Crippen molar-refractivity contribution in [1.29, 1.82) is 0 Å². The van der Waals surface area contributed by atoms with E-state index in [0.29, 0.717) is 16.7 Å². The summed E-state index contributed by atoms with van der Waals surface area (Å²) in [6.45, 7) is 3.29. The van der Waals surface area contributed by atoms with Crippen LogP contribution in [0, 0.1) is 18.2 Å². The van der Waals surface area contributed by atoms with E-state index in [1.165, 1.54) is 19.1 Å². The second kappa shape index (κ2) is 8.94. The summed E-state index contributed by atoms with van der Waals surface area (Å²) in [6, 6.07) is 18.0. The summed E-state index contributed by atoms with van der Waals surface area (Å²) in [5, 5.41) is 9.92. The number of aromatic nitrogens is 1. The van der Waals surface area contributed by atoms with Crippen LogP contribution in [-0.2, 0) is 17.6 Å². The summed E-state index contributed by atoms with van der Waals surface area (Å²) in [5.41, 5.74) is -0.298. The number of fused-ring (bicyclic) bond motifs is 1. The summed E-state index contributed by atoms with van der Waals surface area (Å²) in [6.07, 6.45) is -4.57. The Bertz CT molecular complexity index is 1480. The Morgan fingerprint density at radius 1 is 1.08 bits per heavy atom. The number of alkyl halides is 3. The van der Waals surface area contributed by atoms with Crippen LogP contribution in [0.5, 0.6) is 5.75 Å². The van der Waals surface area contributed by atoms with Crippen LogP contribution >= 0.6 is 0 Å². The highest BCUT2D eigenvalue weighted by Crippen LogP contribution is 2.56. The molecule has 1 fully saturated rings. The first-order chi connectivity index (χ1) is 17.5. The molecule has 3 aromatic carbocycles. The van der Waals surface area contributed by atoms with Gasteiger partial charge in [-0.05, 0) is 85.7 Å². The minimum absolute atomic E-state index is 0.0494. The SMILES string of the molecule is Cc1cc(-n2c(C(F)(F)F)c(C3CC(C)(C(=O)O)C3)c3cc(OCc4ccccc4)ccc32)ccc1F. The molecule has 5 rings (SSSR count). The highest BCUT2D eigenvalue weighted by molar-refractivity contribution is 5.90. The van der Waals surface area contributed by atoms with Crippen molar-refractivity contribution < 1.29 is 32.2 Å². The van der Waals surface area contributed by atoms with Crippen molar-refractivity contribution in [3.05, 3.63) is 94.9 Å². The molecule has 8 heteroatoms. The third kappa shape index (κ3) is 4.45. The van der Waals surface area contributed by atoms with E-state index >= 15 is 0 Å². The van der Waals surface area contributed by atoms with Crippen molar-refractivity contribution in [2.75, 3.05) is 0 Å². The molecule has 1 saturated carbocycles. The van der Waals surface area contributed by atoms with Gasteiger partial charge >= 0.3 is 12.1 Å². The van der Waals surface area contributed by atoms with Gasteiger partial charge < -0.3 is 14.4 Å². The predicted molar refractivity (Wildman–Crippen MR) is 131 cm³/mol. The molecule has 0 radical (unpaired) electrons. The van der Waals surface area contributed by atoms with Gasteiger partial charge in [-0.25, -0.2) is 4.39 Å². The average molecular weight is 512 g/mol. The van der Waals surface area contributed by atoms with Gasteiger partial charge in [-0.2, -0.15) is 13.2 Å². The van der Waals surface area contributed by atoms with Gasteiger partial charge in [-0.3, -0.25) is 4.79 Å². The zero-order valence-electron chi connectivity index (χ0n) is 20.3. The number of carboxylic acid groups (broad SMARTS) is 1. The standard InChI is InChI=1S/C29H25F4NO3/c1-17-12-20(8-10-23(17)30)34-24-11-9-21(37-16-18-6-4-3-5-7-18)13-22(24)25(26(34)29(31,32)33)19-14-28(2,15-19)27(35)36/h3-13,19H,14-16H2,1-2H3,(H,35,36). The van der Waals surface area contributed by atoms with Crippen LogP contribution in [0.2, 0.25) is 0 Å². The molecule has 0 bridgehead atoms. The normalized spacial score (nSPS) is 19.6. The van der Waals surface area contributed by atoms with E-state index in [4.69, 9.17) is 4.74 Å². The number of hydrogen-bond donors (Lipinski definition) is 1. The highest BCUT2D eigenvalue weighted by Gasteiger charge is 2.51. The molecule has 0 saturated heterocycles. The van der Waals surface area contributed by atoms with Crippen molar-refractivity contribution in [2.24, 2.45) is 5.41 Å². The van der Waals surface area contributed by atoms with E-state index in [2.05, 4.69) is 0 Å². The van der Waals surface area contributed by atoms with Crippen molar-refractivity contribution in [3.8, 4) is 11.4 Å². The summed E-state index contributed by atoms with van der Waals surface area (Å²) >= 11 is 0. The zero-order chi connectivity index (χ0) is 26.5. The Kier molecular flexibility index (Phi) is 6.01. The van der Waals surface area contributed by atoms with E-state index in [-0.39, 0.29) is 36.3 Å². The topological polar surface area (TPSA) is 51.5 Å². The Balaban J connectivity index is 1.69. The van der Waals surface area contributed by atoms with Crippen molar-refractivity contribution in [1.82, 2.24) is 4.57 Å². The molecule has 0 aliphatic heterocycles. The summed E-state index contributed by atoms with van der Waals surface area (Å²) < 4.78 is 65.1. The molecule has 1 aliphatic rings. The van der Waals surface area contributed by atoms with Gasteiger partial charge in [-0.1, -0.05) is 30.3 Å². The van der Waals surface area contributed by atoms with E-state index in [9.17, 15) is 27.5 Å². The molecule has 0 atom stereocenters. The molecule has 1 aliphatic carbocycles. The van der Waals surface area contributed by atoms with Gasteiger partial charge in [-0.15, -0.1) is 0 Å². The smallest absolute Gasteiger partial charge is 0.432 e. The Hall–Kier alpha value is -3.81. The second-order valence-electron chi connectivity index (χ2n) is 9.95. The number of carbonyl (C=O) groups is 1. The lowest BCUT2D eigenvalue weighted by Gasteiger charge is -2.42. The minimum atomic E-state index is -4.74. The van der Waals surface area contributed by atoms with Crippen molar-refractivity contribution in [2.45, 2.75) is 45.4 Å². The molecular formula is C29H25F4NO3. The molecule has 4 nitrogen and oxygen atoms in total. The molecule has 192 valence electrons. The fourth-order valence-electron chi connectivity index (χ4n) is 5.26. The fraction of sp³-hybridized carbons (Fsp3) is 0.276. The van der Waals surface area contributed by atoms with Gasteiger partial charge in [0.1, 0.15) is 23.9 Å². The van der Waals surface area contributed by atoms with Crippen LogP contribution in [0.1, 0.15) is 48.1 Å². The second-order valence-corrected chi connectivity index (χ2v) is 9.95. The Morgan fingerprint density at radius 2 is 1.78 bits per heavy atom. The van der Waals surface area contributed by atoms with E-state index in [0.717, 1.165) is 16.2 Å². The van der Waals surface area contributed by atoms with Crippen LogP contribution < -0.4 is 4.74 Å². The molecule has 37 heavy (non-hydrogen) atoms. The van der Waals surface area contributed by atoms with Gasteiger partial charge in [0.05, 0.1) is 10.9 Å². The van der Waals surface area contributed by atoms with E-state index in [1.807, 2.05) is 30.3 Å². The lowest BCUT2D eigenvalue weighted by atomic mass is 9.60. The first-order valence-electron chi connectivity index (χ1n) is 11.9. The quantitative estimate of drug-likeness (QED) is 0.271. The fourth-order valence-corrected chi connectivity index (χ4v) is 5.26. The van der Waals surface area contributed by atoms with Crippen LogP contribution in [0.25, 0.3) is 16.6 Å². The molecule has 4 aromatic rings. The number of benzene rings is 3. The van der Waals surface area contributed by atoms with Crippen molar-refractivity contribution in [3.63, 3.8) is 0 Å². The van der Waals surface area contributed by atoms with Crippen molar-refractivity contribution >= 4 is 16.9 Å². The number of aryl methyl sites for hydroxylation is 1. The molecule has 1 aromatic heterocycles. The summed E-state index contributed by atoms with van der Waals surface area (Å²) in [4.78, 5) is 11.7. The van der Waals surface area contributed by atoms with Crippen LogP contribution in [0.4, 0.5) is 17.6 Å². The van der Waals surface area contributed by atoms with Gasteiger partial charge in [0, 0.05) is 11.1 Å². The van der Waals surface area contributed by atoms with Crippen LogP contribution in [-0.4, -0.2) is 15.6 Å². The number of hydrogen-bond acceptors (Lipinski definition) is 2. The molecule has 0 unspecified atom stereocenters. The first kappa shape index (κ1) is 24.9. The third-order valence-corrected chi connectivity index (χ3v) is 7.21. The highest BCUT2D eigenvalue weighted by atomic mass is 19.4. The Labute approximate surface area is 211 Å². The molecule has 0 amide bonds. The molecule has 1 heterocycles. The third-order valence-electron chi connectivity index (χ3n) is 7.21. The van der Waals surface area contributed by atoms with Gasteiger partial charge in [0.15, 0.2) is 0 Å². The maximum Gasteiger partial charge on any atom is 0.432 e. The molecule has 0 spiro atoms. The van der Waals surface area contributed by atoms with Gasteiger partial charge in [0.25, 0.3) is 0 Å². The Morgan fingerprint density at radius 3 is 2.41 bits per heavy atom. The summed E-state index contributed by atoms with van der Waals surface area (Å²) in [7, 11) is 0. The number of nitrogens with zero attached hydrogens (tertiary/aromatic N) is 1. The van der Waals surface area contributed by atoms with Crippen LogP contribution in [0.3, 0.4) is 0 Å².